The van der Waals surface area contributed by atoms with Crippen LogP contribution in [0.1, 0.15) is 94.1 Å². The molecule has 1 aromatic heterocycles. The molecule has 20 heavy (non-hydrogen) atoms. The van der Waals surface area contributed by atoms with Gasteiger partial charge in [0.25, 0.3) is 0 Å². The SMILES string of the molecule is c1nc(C2CCCCCCCCC2)[nH]c1[C@@H]1CCCN1. The summed E-state index contributed by atoms with van der Waals surface area (Å²) in [7, 11) is 0. The van der Waals surface area contributed by atoms with E-state index < -0.39 is 0 Å². The summed E-state index contributed by atoms with van der Waals surface area (Å²) in [4.78, 5) is 8.35. The van der Waals surface area contributed by atoms with Gasteiger partial charge in [0.15, 0.2) is 0 Å². The minimum absolute atomic E-state index is 0.524. The fourth-order valence-electron chi connectivity index (χ4n) is 3.77. The summed E-state index contributed by atoms with van der Waals surface area (Å²) in [6.45, 7) is 1.16. The zero-order valence-electron chi connectivity index (χ0n) is 12.7. The van der Waals surface area contributed by atoms with E-state index in [1.165, 1.54) is 82.1 Å². The predicted molar refractivity (Wildman–Crippen MR) is 82.9 cm³/mol. The third-order valence-corrected chi connectivity index (χ3v) is 5.04. The predicted octanol–water partition coefficient (Wildman–Crippen LogP) is 4.44. The summed E-state index contributed by atoms with van der Waals surface area (Å²) in [5, 5.41) is 3.56. The Morgan fingerprint density at radius 2 is 1.55 bits per heavy atom. The molecule has 112 valence electrons. The number of aromatic nitrogens is 2. The van der Waals surface area contributed by atoms with Crippen molar-refractivity contribution < 1.29 is 0 Å². The number of hydrogen-bond acceptors (Lipinski definition) is 2. The molecule has 1 saturated heterocycles. The van der Waals surface area contributed by atoms with Crippen molar-refractivity contribution in [2.45, 2.75) is 82.6 Å². The van der Waals surface area contributed by atoms with Gasteiger partial charge in [-0.3, -0.25) is 0 Å². The molecule has 1 aliphatic carbocycles. The second kappa shape index (κ2) is 7.26. The molecule has 0 spiro atoms. The van der Waals surface area contributed by atoms with Crippen LogP contribution in [0.4, 0.5) is 0 Å². The minimum Gasteiger partial charge on any atom is -0.344 e. The maximum atomic E-state index is 4.72. The molecule has 2 aliphatic rings. The fourth-order valence-corrected chi connectivity index (χ4v) is 3.77. The highest BCUT2D eigenvalue weighted by atomic mass is 15.0. The number of imidazole rings is 1. The van der Waals surface area contributed by atoms with Crippen LogP contribution in [-0.4, -0.2) is 16.5 Å². The van der Waals surface area contributed by atoms with Crippen molar-refractivity contribution >= 4 is 0 Å². The van der Waals surface area contributed by atoms with E-state index in [0.717, 1.165) is 6.54 Å². The second-order valence-electron chi connectivity index (χ2n) is 6.62. The second-order valence-corrected chi connectivity index (χ2v) is 6.62. The van der Waals surface area contributed by atoms with Gasteiger partial charge < -0.3 is 10.3 Å². The summed E-state index contributed by atoms with van der Waals surface area (Å²) in [6, 6.07) is 0.524. The molecule has 3 rings (SSSR count). The van der Waals surface area contributed by atoms with Crippen LogP contribution in [0, 0.1) is 0 Å². The smallest absolute Gasteiger partial charge is 0.109 e. The summed E-state index contributed by atoms with van der Waals surface area (Å²) in [6.07, 6.45) is 17.2. The molecule has 2 fully saturated rings. The Balaban J connectivity index is 1.62. The van der Waals surface area contributed by atoms with E-state index in [9.17, 15) is 0 Å². The van der Waals surface area contributed by atoms with Crippen molar-refractivity contribution in [3.63, 3.8) is 0 Å². The third-order valence-electron chi connectivity index (χ3n) is 5.04. The van der Waals surface area contributed by atoms with Crippen LogP contribution in [0.2, 0.25) is 0 Å². The van der Waals surface area contributed by atoms with Gasteiger partial charge in [0.05, 0.1) is 5.69 Å². The van der Waals surface area contributed by atoms with Crippen LogP contribution < -0.4 is 5.32 Å². The van der Waals surface area contributed by atoms with Gasteiger partial charge in [0.2, 0.25) is 0 Å². The molecule has 1 saturated carbocycles. The molecule has 3 heteroatoms. The Bertz CT molecular complexity index is 383. The lowest BCUT2D eigenvalue weighted by molar-refractivity contribution is 0.451. The standard InChI is InChI=1S/C17H29N3/c1-2-4-6-9-14(10-7-5-3-1)17-19-13-16(20-17)15-11-8-12-18-15/h13-15,18H,1-12H2,(H,19,20)/t15-/m0/s1. The van der Waals surface area contributed by atoms with Gasteiger partial charge in [-0.15, -0.1) is 0 Å². The van der Waals surface area contributed by atoms with Gasteiger partial charge >= 0.3 is 0 Å². The van der Waals surface area contributed by atoms with E-state index in [1.807, 2.05) is 0 Å². The number of hydrogen-bond donors (Lipinski definition) is 2. The van der Waals surface area contributed by atoms with Gasteiger partial charge in [-0.05, 0) is 32.2 Å². The zero-order valence-corrected chi connectivity index (χ0v) is 12.7. The van der Waals surface area contributed by atoms with Crippen LogP contribution in [0.5, 0.6) is 0 Å². The minimum atomic E-state index is 0.524. The lowest BCUT2D eigenvalue weighted by Gasteiger charge is -2.16. The van der Waals surface area contributed by atoms with Crippen molar-refractivity contribution in [1.29, 1.82) is 0 Å². The molecule has 1 aliphatic heterocycles. The van der Waals surface area contributed by atoms with Crippen molar-refractivity contribution in [2.75, 3.05) is 6.54 Å². The molecular formula is C17H29N3. The first-order chi connectivity index (χ1) is 9.93. The normalized spacial score (nSPS) is 26.7. The average Bonchev–Trinajstić information content (AvgIpc) is 3.15. The van der Waals surface area contributed by atoms with Crippen molar-refractivity contribution in [1.82, 2.24) is 15.3 Å². The van der Waals surface area contributed by atoms with Crippen molar-refractivity contribution in [3.8, 4) is 0 Å². The van der Waals surface area contributed by atoms with Gasteiger partial charge in [-0.2, -0.15) is 0 Å². The van der Waals surface area contributed by atoms with E-state index >= 15 is 0 Å². The lowest BCUT2D eigenvalue weighted by Crippen LogP contribution is -2.13. The monoisotopic (exact) mass is 275 g/mol. The summed E-state index contributed by atoms with van der Waals surface area (Å²) in [5.41, 5.74) is 1.31. The van der Waals surface area contributed by atoms with Crippen LogP contribution in [0.25, 0.3) is 0 Å². The Hall–Kier alpha value is -0.830. The molecule has 2 N–H and O–H groups in total. The van der Waals surface area contributed by atoms with E-state index in [1.54, 1.807) is 0 Å². The van der Waals surface area contributed by atoms with Crippen LogP contribution in [0.3, 0.4) is 0 Å². The summed E-state index contributed by atoms with van der Waals surface area (Å²) < 4.78 is 0. The highest BCUT2D eigenvalue weighted by molar-refractivity contribution is 5.11. The maximum absolute atomic E-state index is 4.72. The molecule has 0 radical (unpaired) electrons. The maximum Gasteiger partial charge on any atom is 0.109 e. The highest BCUT2D eigenvalue weighted by Gasteiger charge is 2.21. The zero-order chi connectivity index (χ0) is 13.6. The first-order valence-electron chi connectivity index (χ1n) is 8.71. The van der Waals surface area contributed by atoms with Gasteiger partial charge in [0, 0.05) is 18.2 Å². The quantitative estimate of drug-likeness (QED) is 0.837. The lowest BCUT2D eigenvalue weighted by atomic mass is 9.92. The summed E-state index contributed by atoms with van der Waals surface area (Å²) >= 11 is 0. The summed E-state index contributed by atoms with van der Waals surface area (Å²) in [5.74, 6) is 1.93. The number of H-pyrrole nitrogens is 1. The van der Waals surface area contributed by atoms with E-state index in [0.29, 0.717) is 12.0 Å². The first-order valence-corrected chi connectivity index (χ1v) is 8.71. The molecule has 0 amide bonds. The van der Waals surface area contributed by atoms with E-state index in [-0.39, 0.29) is 0 Å². The number of rotatable bonds is 2. The molecular weight excluding hydrogens is 246 g/mol. The Labute approximate surface area is 123 Å². The topological polar surface area (TPSA) is 40.7 Å². The Morgan fingerprint density at radius 1 is 0.850 bits per heavy atom. The molecule has 0 unspecified atom stereocenters. The van der Waals surface area contributed by atoms with Crippen molar-refractivity contribution in [3.05, 3.63) is 17.7 Å². The highest BCUT2D eigenvalue weighted by Crippen LogP contribution is 2.30. The van der Waals surface area contributed by atoms with Gasteiger partial charge in [-0.25, -0.2) is 4.98 Å². The van der Waals surface area contributed by atoms with Gasteiger partial charge in [0.1, 0.15) is 5.82 Å². The fraction of sp³-hybridized carbons (Fsp3) is 0.824. The third kappa shape index (κ3) is 3.63. The van der Waals surface area contributed by atoms with Crippen LogP contribution in [-0.2, 0) is 0 Å². The van der Waals surface area contributed by atoms with Crippen molar-refractivity contribution in [2.24, 2.45) is 0 Å². The van der Waals surface area contributed by atoms with Gasteiger partial charge in [-0.1, -0.05) is 44.9 Å². The Kier molecular flexibility index (Phi) is 5.12. The first kappa shape index (κ1) is 14.1. The molecule has 1 aromatic rings. The number of aromatic amines is 1. The number of nitrogens with zero attached hydrogens (tertiary/aromatic N) is 1. The molecule has 2 heterocycles. The Morgan fingerprint density at radius 3 is 2.20 bits per heavy atom. The molecule has 0 aromatic carbocycles. The molecule has 1 atom stereocenters. The average molecular weight is 275 g/mol. The number of nitrogens with one attached hydrogen (secondary N) is 2. The molecule has 3 nitrogen and oxygen atoms in total. The largest absolute Gasteiger partial charge is 0.344 e. The van der Waals surface area contributed by atoms with Crippen LogP contribution in [0.15, 0.2) is 6.20 Å². The van der Waals surface area contributed by atoms with Crippen LogP contribution >= 0.6 is 0 Å². The van der Waals surface area contributed by atoms with E-state index in [2.05, 4.69) is 16.5 Å². The molecule has 0 bridgehead atoms. The van der Waals surface area contributed by atoms with E-state index in [4.69, 9.17) is 4.98 Å².